The van der Waals surface area contributed by atoms with E-state index in [1.165, 1.54) is 13.2 Å². The van der Waals surface area contributed by atoms with Crippen LogP contribution in [-0.2, 0) is 6.42 Å². The summed E-state index contributed by atoms with van der Waals surface area (Å²) in [5.74, 6) is 0.0417. The number of pyridine rings is 1. The van der Waals surface area contributed by atoms with E-state index in [1.54, 1.807) is 24.4 Å². The first-order valence-corrected chi connectivity index (χ1v) is 8.65. The first-order chi connectivity index (χ1) is 12.6. The zero-order valence-corrected chi connectivity index (χ0v) is 14.8. The van der Waals surface area contributed by atoms with Crippen LogP contribution >= 0.6 is 0 Å². The lowest BCUT2D eigenvalue weighted by Crippen LogP contribution is -2.47. The summed E-state index contributed by atoms with van der Waals surface area (Å²) < 4.78 is 19.3. The fraction of sp³-hybridized carbons (Fsp3) is 0.400. The number of anilines is 1. The van der Waals surface area contributed by atoms with E-state index in [-0.39, 0.29) is 12.4 Å². The largest absolute Gasteiger partial charge is 0.480 e. The van der Waals surface area contributed by atoms with Gasteiger partial charge in [0, 0.05) is 24.7 Å². The highest BCUT2D eigenvalue weighted by Gasteiger charge is 2.36. The predicted molar refractivity (Wildman–Crippen MR) is 96.6 cm³/mol. The fourth-order valence-electron chi connectivity index (χ4n) is 3.74. The normalized spacial score (nSPS) is 19.8. The molecule has 6 heteroatoms. The highest BCUT2D eigenvalue weighted by atomic mass is 19.1. The van der Waals surface area contributed by atoms with E-state index in [2.05, 4.69) is 16.0 Å². The SMILES string of the molecule is COc1nccc(N2CCC[C@@](CO)(Cc3ccccc3F)C2)c1C#N. The number of aliphatic hydroxyl groups is 1. The molecule has 1 fully saturated rings. The van der Waals surface area contributed by atoms with Crippen LogP contribution in [0, 0.1) is 22.6 Å². The number of rotatable bonds is 5. The van der Waals surface area contributed by atoms with Gasteiger partial charge in [0.1, 0.15) is 17.4 Å². The second-order valence-electron chi connectivity index (χ2n) is 6.78. The van der Waals surface area contributed by atoms with Crippen molar-refractivity contribution >= 4 is 5.69 Å². The molecule has 136 valence electrons. The zero-order valence-electron chi connectivity index (χ0n) is 14.8. The standard InChI is InChI=1S/C20H22FN3O2/c1-26-19-16(12-22)18(7-9-23-19)24-10-4-8-20(13-24,14-25)11-15-5-2-3-6-17(15)21/h2-3,5-7,9,25H,4,8,10-11,13-14H2,1H3/t20-/m1/s1. The average molecular weight is 355 g/mol. The van der Waals surface area contributed by atoms with Crippen LogP contribution in [0.15, 0.2) is 36.5 Å². The third-order valence-electron chi connectivity index (χ3n) is 5.06. The zero-order chi connectivity index (χ0) is 18.6. The number of hydrogen-bond donors (Lipinski definition) is 1. The van der Waals surface area contributed by atoms with E-state index >= 15 is 0 Å². The van der Waals surface area contributed by atoms with Crippen molar-refractivity contribution in [1.29, 1.82) is 5.26 Å². The summed E-state index contributed by atoms with van der Waals surface area (Å²) in [6, 6.07) is 10.6. The number of methoxy groups -OCH3 is 1. The summed E-state index contributed by atoms with van der Waals surface area (Å²) >= 11 is 0. The quantitative estimate of drug-likeness (QED) is 0.893. The van der Waals surface area contributed by atoms with Crippen molar-refractivity contribution in [3.05, 3.63) is 53.5 Å². The van der Waals surface area contributed by atoms with E-state index in [0.717, 1.165) is 25.1 Å². The van der Waals surface area contributed by atoms with Crippen molar-refractivity contribution in [2.45, 2.75) is 19.3 Å². The van der Waals surface area contributed by atoms with Gasteiger partial charge in [-0.3, -0.25) is 0 Å². The Labute approximate surface area is 152 Å². The van der Waals surface area contributed by atoms with Crippen LogP contribution in [0.4, 0.5) is 10.1 Å². The number of nitrogens with zero attached hydrogens (tertiary/aromatic N) is 3. The summed E-state index contributed by atoms with van der Waals surface area (Å²) in [5, 5.41) is 19.7. The maximum Gasteiger partial charge on any atom is 0.233 e. The van der Waals surface area contributed by atoms with Crippen LogP contribution in [-0.4, -0.2) is 36.9 Å². The second-order valence-corrected chi connectivity index (χ2v) is 6.78. The monoisotopic (exact) mass is 355 g/mol. The van der Waals surface area contributed by atoms with Crippen molar-refractivity contribution in [3.8, 4) is 11.9 Å². The molecule has 0 bridgehead atoms. The molecule has 0 saturated carbocycles. The maximum absolute atomic E-state index is 14.1. The van der Waals surface area contributed by atoms with Crippen LogP contribution in [0.3, 0.4) is 0 Å². The van der Waals surface area contributed by atoms with Gasteiger partial charge < -0.3 is 14.7 Å². The minimum atomic E-state index is -0.455. The predicted octanol–water partition coefficient (Wildman–Crippen LogP) is 2.92. The number of halogens is 1. The Morgan fingerprint density at radius 1 is 1.38 bits per heavy atom. The van der Waals surface area contributed by atoms with E-state index in [4.69, 9.17) is 4.74 Å². The van der Waals surface area contributed by atoms with Gasteiger partial charge in [0.2, 0.25) is 5.88 Å². The Morgan fingerprint density at radius 2 is 2.19 bits per heavy atom. The number of aromatic nitrogens is 1. The molecule has 0 aliphatic carbocycles. The molecule has 3 rings (SSSR count). The number of aliphatic hydroxyl groups excluding tert-OH is 1. The van der Waals surface area contributed by atoms with Crippen molar-refractivity contribution in [1.82, 2.24) is 4.98 Å². The molecule has 0 radical (unpaired) electrons. The first kappa shape index (κ1) is 18.2. The Kier molecular flexibility index (Phi) is 5.38. The Balaban J connectivity index is 1.91. The lowest BCUT2D eigenvalue weighted by atomic mass is 9.75. The van der Waals surface area contributed by atoms with Gasteiger partial charge in [0.05, 0.1) is 19.4 Å². The lowest BCUT2D eigenvalue weighted by molar-refractivity contribution is 0.104. The smallest absolute Gasteiger partial charge is 0.233 e. The molecule has 0 unspecified atom stereocenters. The third-order valence-corrected chi connectivity index (χ3v) is 5.06. The molecule has 5 nitrogen and oxygen atoms in total. The molecule has 2 aromatic rings. The summed E-state index contributed by atoms with van der Waals surface area (Å²) in [4.78, 5) is 6.16. The Morgan fingerprint density at radius 3 is 2.88 bits per heavy atom. The molecule has 1 aliphatic heterocycles. The lowest BCUT2D eigenvalue weighted by Gasteiger charge is -2.43. The van der Waals surface area contributed by atoms with E-state index in [0.29, 0.717) is 30.0 Å². The van der Waals surface area contributed by atoms with Crippen LogP contribution in [0.1, 0.15) is 24.0 Å². The Bertz CT molecular complexity index is 821. The van der Waals surface area contributed by atoms with Crippen molar-refractivity contribution in [3.63, 3.8) is 0 Å². The highest BCUT2D eigenvalue weighted by molar-refractivity contribution is 5.63. The molecule has 2 heterocycles. The van der Waals surface area contributed by atoms with E-state index in [9.17, 15) is 14.8 Å². The highest BCUT2D eigenvalue weighted by Crippen LogP contribution is 2.37. The molecule has 0 spiro atoms. The molecule has 1 saturated heterocycles. The van der Waals surface area contributed by atoms with Crippen LogP contribution in [0.5, 0.6) is 5.88 Å². The van der Waals surface area contributed by atoms with Crippen molar-refractivity contribution in [2.24, 2.45) is 5.41 Å². The number of ether oxygens (including phenoxy) is 1. The fourth-order valence-corrected chi connectivity index (χ4v) is 3.74. The molecule has 1 aromatic heterocycles. The molecule has 1 atom stereocenters. The molecule has 1 N–H and O–H groups in total. The average Bonchev–Trinajstić information content (AvgIpc) is 2.69. The van der Waals surface area contributed by atoms with E-state index < -0.39 is 5.41 Å². The Hall–Kier alpha value is -2.65. The van der Waals surface area contributed by atoms with Crippen molar-refractivity contribution < 1.29 is 14.2 Å². The second kappa shape index (κ2) is 7.71. The van der Waals surface area contributed by atoms with Gasteiger partial charge in [-0.25, -0.2) is 9.37 Å². The summed E-state index contributed by atoms with van der Waals surface area (Å²) in [6.45, 7) is 1.27. The molecule has 26 heavy (non-hydrogen) atoms. The van der Waals surface area contributed by atoms with Crippen LogP contribution in [0.25, 0.3) is 0 Å². The van der Waals surface area contributed by atoms with Crippen molar-refractivity contribution in [2.75, 3.05) is 31.7 Å². The molecular weight excluding hydrogens is 333 g/mol. The number of piperidine rings is 1. The van der Waals surface area contributed by atoms with Gasteiger partial charge >= 0.3 is 0 Å². The van der Waals surface area contributed by atoms with Crippen LogP contribution in [0.2, 0.25) is 0 Å². The summed E-state index contributed by atoms with van der Waals surface area (Å²) in [6.07, 6.45) is 3.72. The topological polar surface area (TPSA) is 69.4 Å². The molecule has 0 amide bonds. The van der Waals surface area contributed by atoms with Crippen LogP contribution < -0.4 is 9.64 Å². The molecule has 1 aliphatic rings. The van der Waals surface area contributed by atoms with Gasteiger partial charge in [-0.05, 0) is 37.0 Å². The van der Waals surface area contributed by atoms with Gasteiger partial charge in [-0.1, -0.05) is 18.2 Å². The third kappa shape index (κ3) is 3.49. The maximum atomic E-state index is 14.1. The number of nitriles is 1. The van der Waals surface area contributed by atoms with Gasteiger partial charge in [-0.15, -0.1) is 0 Å². The minimum absolute atomic E-state index is 0.0397. The van der Waals surface area contributed by atoms with E-state index in [1.807, 2.05) is 6.07 Å². The molecular formula is C20H22FN3O2. The summed E-state index contributed by atoms with van der Waals surface area (Å²) in [5.41, 5.74) is 1.28. The number of hydrogen-bond acceptors (Lipinski definition) is 5. The molecule has 1 aromatic carbocycles. The summed E-state index contributed by atoms with van der Waals surface area (Å²) in [7, 11) is 1.49. The van der Waals surface area contributed by atoms with Gasteiger partial charge in [0.25, 0.3) is 0 Å². The first-order valence-electron chi connectivity index (χ1n) is 8.65. The van der Waals surface area contributed by atoms with Gasteiger partial charge in [0.15, 0.2) is 0 Å². The minimum Gasteiger partial charge on any atom is -0.480 e. The number of benzene rings is 1. The van der Waals surface area contributed by atoms with Gasteiger partial charge in [-0.2, -0.15) is 5.26 Å².